The number of nitrogens with one attached hydrogen (secondary N) is 2. The third-order valence-electron chi connectivity index (χ3n) is 5.51. The molecule has 11 nitrogen and oxygen atoms in total. The van der Waals surface area contributed by atoms with Crippen LogP contribution in [0.2, 0.25) is 0 Å². The minimum atomic E-state index is -0.833. The van der Waals surface area contributed by atoms with Gasteiger partial charge in [-0.15, -0.1) is 0 Å². The van der Waals surface area contributed by atoms with Crippen LogP contribution in [0.5, 0.6) is 11.5 Å². The molecule has 190 valence electrons. The molecule has 0 saturated carbocycles. The van der Waals surface area contributed by atoms with Gasteiger partial charge in [-0.25, -0.2) is 9.89 Å². The topological polar surface area (TPSA) is 132 Å². The zero-order valence-corrected chi connectivity index (χ0v) is 20.2. The standard InChI is InChI=1S/C25H28N4O7/c1-3-34-20-14-19(29-9-11-33-12-10-29)21(35-4-2)13-18(20)26-22(30)15-36-25(32)23-16-7-5-6-8-17(16)24(31)28-27-23/h5-8,13-14H,3-4,9-12,15H2,1-2H3,(H,26,30)(H,28,31). The van der Waals surface area contributed by atoms with Gasteiger partial charge < -0.3 is 29.2 Å². The van der Waals surface area contributed by atoms with Crippen LogP contribution in [0.25, 0.3) is 10.8 Å². The summed E-state index contributed by atoms with van der Waals surface area (Å²) in [6, 6.07) is 10.1. The molecular weight excluding hydrogens is 468 g/mol. The fourth-order valence-corrected chi connectivity index (χ4v) is 3.90. The highest BCUT2D eigenvalue weighted by molar-refractivity contribution is 6.03. The average molecular weight is 497 g/mol. The van der Waals surface area contributed by atoms with Crippen LogP contribution in [0.15, 0.2) is 41.2 Å². The average Bonchev–Trinajstić information content (AvgIpc) is 2.90. The smallest absolute Gasteiger partial charge is 0.359 e. The second-order valence-corrected chi connectivity index (χ2v) is 7.85. The van der Waals surface area contributed by atoms with E-state index in [4.69, 9.17) is 18.9 Å². The van der Waals surface area contributed by atoms with Gasteiger partial charge in [-0.2, -0.15) is 5.10 Å². The zero-order valence-electron chi connectivity index (χ0n) is 20.2. The van der Waals surface area contributed by atoms with Crippen molar-refractivity contribution in [2.24, 2.45) is 0 Å². The lowest BCUT2D eigenvalue weighted by Gasteiger charge is -2.31. The largest absolute Gasteiger partial charge is 0.492 e. The molecule has 1 aliphatic rings. The maximum absolute atomic E-state index is 12.7. The summed E-state index contributed by atoms with van der Waals surface area (Å²) in [6.45, 7) is 6.63. The van der Waals surface area contributed by atoms with E-state index in [0.717, 1.165) is 5.69 Å². The number of aromatic nitrogens is 2. The van der Waals surface area contributed by atoms with Gasteiger partial charge in [0.2, 0.25) is 0 Å². The molecule has 0 bridgehead atoms. The molecule has 1 aromatic heterocycles. The number of aromatic amines is 1. The number of benzene rings is 2. The molecule has 2 aromatic carbocycles. The first-order chi connectivity index (χ1) is 17.5. The number of anilines is 2. The molecule has 3 aromatic rings. The monoisotopic (exact) mass is 496 g/mol. The second kappa shape index (κ2) is 11.5. The van der Waals surface area contributed by atoms with Crippen LogP contribution in [0.1, 0.15) is 24.3 Å². The Balaban J connectivity index is 1.50. The Morgan fingerprint density at radius 1 is 1.06 bits per heavy atom. The van der Waals surface area contributed by atoms with Crippen LogP contribution in [0.3, 0.4) is 0 Å². The summed E-state index contributed by atoms with van der Waals surface area (Å²) in [5, 5.41) is 9.45. The zero-order chi connectivity index (χ0) is 25.5. The van der Waals surface area contributed by atoms with Crippen molar-refractivity contribution in [2.45, 2.75) is 13.8 Å². The lowest BCUT2D eigenvalue weighted by atomic mass is 10.1. The molecule has 0 aliphatic carbocycles. The van der Waals surface area contributed by atoms with Crippen molar-refractivity contribution in [3.63, 3.8) is 0 Å². The molecular formula is C25H28N4O7. The van der Waals surface area contributed by atoms with Crippen molar-refractivity contribution in [1.29, 1.82) is 0 Å². The van der Waals surface area contributed by atoms with Crippen LogP contribution in [-0.4, -0.2) is 68.2 Å². The maximum atomic E-state index is 12.7. The van der Waals surface area contributed by atoms with Gasteiger partial charge >= 0.3 is 5.97 Å². The highest BCUT2D eigenvalue weighted by Gasteiger charge is 2.21. The van der Waals surface area contributed by atoms with Crippen molar-refractivity contribution < 1.29 is 28.5 Å². The lowest BCUT2D eigenvalue weighted by molar-refractivity contribution is -0.119. The van der Waals surface area contributed by atoms with Crippen LogP contribution in [-0.2, 0) is 14.3 Å². The molecule has 0 unspecified atom stereocenters. The van der Waals surface area contributed by atoms with Crippen LogP contribution in [0, 0.1) is 0 Å². The number of rotatable bonds is 9. The number of carbonyl (C=O) groups is 2. The van der Waals surface area contributed by atoms with E-state index in [0.29, 0.717) is 67.5 Å². The van der Waals surface area contributed by atoms with Gasteiger partial charge in [0.25, 0.3) is 11.5 Å². The number of carbonyl (C=O) groups excluding carboxylic acids is 2. The number of esters is 1. The van der Waals surface area contributed by atoms with Crippen LogP contribution in [0.4, 0.5) is 11.4 Å². The summed E-state index contributed by atoms with van der Waals surface area (Å²) in [5.74, 6) is -0.339. The normalized spacial score (nSPS) is 13.3. The Labute approximate surface area is 207 Å². The van der Waals surface area contributed by atoms with Gasteiger partial charge in [-0.1, -0.05) is 18.2 Å². The quantitative estimate of drug-likeness (QED) is 0.428. The fourth-order valence-electron chi connectivity index (χ4n) is 3.90. The SMILES string of the molecule is CCOc1cc(N2CCOCC2)c(OCC)cc1NC(=O)COC(=O)c1n[nH]c(=O)c2ccccc12. The summed E-state index contributed by atoms with van der Waals surface area (Å²) in [5.41, 5.74) is 0.741. The molecule has 0 radical (unpaired) electrons. The van der Waals surface area contributed by atoms with Crippen molar-refractivity contribution in [2.75, 3.05) is 56.3 Å². The molecule has 1 amide bonds. The fraction of sp³-hybridized carbons (Fsp3) is 0.360. The molecule has 36 heavy (non-hydrogen) atoms. The van der Waals surface area contributed by atoms with E-state index in [1.165, 1.54) is 0 Å². The lowest BCUT2D eigenvalue weighted by Crippen LogP contribution is -2.36. The van der Waals surface area contributed by atoms with E-state index >= 15 is 0 Å². The summed E-state index contributed by atoms with van der Waals surface area (Å²) in [4.78, 5) is 39.4. The molecule has 2 heterocycles. The summed E-state index contributed by atoms with van der Waals surface area (Å²) in [6.07, 6.45) is 0. The van der Waals surface area contributed by atoms with E-state index in [1.807, 2.05) is 19.9 Å². The minimum Gasteiger partial charge on any atom is -0.492 e. The van der Waals surface area contributed by atoms with Gasteiger partial charge in [0.1, 0.15) is 11.5 Å². The first-order valence-corrected chi connectivity index (χ1v) is 11.7. The molecule has 11 heteroatoms. The Kier molecular flexibility index (Phi) is 8.01. The number of hydrogen-bond acceptors (Lipinski definition) is 9. The van der Waals surface area contributed by atoms with Crippen molar-refractivity contribution in [3.8, 4) is 11.5 Å². The Bertz CT molecular complexity index is 1300. The van der Waals surface area contributed by atoms with Gasteiger partial charge in [0.05, 0.1) is 43.2 Å². The van der Waals surface area contributed by atoms with E-state index in [-0.39, 0.29) is 5.69 Å². The number of morpholine rings is 1. The third-order valence-corrected chi connectivity index (χ3v) is 5.51. The van der Waals surface area contributed by atoms with Gasteiger partial charge in [-0.05, 0) is 19.9 Å². The Morgan fingerprint density at radius 3 is 2.47 bits per heavy atom. The number of amides is 1. The molecule has 1 saturated heterocycles. The number of ether oxygens (including phenoxy) is 4. The number of fused-ring (bicyclic) bond motifs is 1. The van der Waals surface area contributed by atoms with Gasteiger partial charge in [0.15, 0.2) is 12.3 Å². The first kappa shape index (κ1) is 25.0. The summed E-state index contributed by atoms with van der Waals surface area (Å²) >= 11 is 0. The molecule has 1 aliphatic heterocycles. The molecule has 0 spiro atoms. The number of H-pyrrole nitrogens is 1. The summed E-state index contributed by atoms with van der Waals surface area (Å²) < 4.78 is 22.2. The van der Waals surface area contributed by atoms with Crippen LogP contribution >= 0.6 is 0 Å². The predicted molar refractivity (Wildman–Crippen MR) is 133 cm³/mol. The molecule has 4 rings (SSSR count). The predicted octanol–water partition coefficient (Wildman–Crippen LogP) is 2.35. The van der Waals surface area contributed by atoms with Gasteiger partial charge in [0, 0.05) is 30.6 Å². The van der Waals surface area contributed by atoms with Crippen LogP contribution < -0.4 is 25.2 Å². The van der Waals surface area contributed by atoms with E-state index in [1.54, 1.807) is 30.3 Å². The number of nitrogens with zero attached hydrogens (tertiary/aromatic N) is 2. The Hall–Kier alpha value is -4.12. The third kappa shape index (κ3) is 5.57. The first-order valence-electron chi connectivity index (χ1n) is 11.7. The van der Waals surface area contributed by atoms with Crippen molar-refractivity contribution >= 4 is 34.0 Å². The second-order valence-electron chi connectivity index (χ2n) is 7.85. The molecule has 1 fully saturated rings. The van der Waals surface area contributed by atoms with E-state index in [2.05, 4.69) is 20.4 Å². The maximum Gasteiger partial charge on any atom is 0.359 e. The van der Waals surface area contributed by atoms with E-state index < -0.39 is 24.0 Å². The highest BCUT2D eigenvalue weighted by atomic mass is 16.5. The molecule has 0 atom stereocenters. The highest BCUT2D eigenvalue weighted by Crippen LogP contribution is 2.39. The minimum absolute atomic E-state index is 0.0819. The Morgan fingerprint density at radius 2 is 1.75 bits per heavy atom. The van der Waals surface area contributed by atoms with Gasteiger partial charge in [-0.3, -0.25) is 9.59 Å². The van der Waals surface area contributed by atoms with E-state index in [9.17, 15) is 14.4 Å². The van der Waals surface area contributed by atoms with Crippen molar-refractivity contribution in [3.05, 3.63) is 52.4 Å². The molecule has 2 N–H and O–H groups in total. The van der Waals surface area contributed by atoms with Crippen molar-refractivity contribution in [1.82, 2.24) is 10.2 Å². The summed E-state index contributed by atoms with van der Waals surface area (Å²) in [7, 11) is 0. The number of hydrogen-bond donors (Lipinski definition) is 2.